The quantitative estimate of drug-likeness (QED) is 0.862. The van der Waals surface area contributed by atoms with E-state index in [1.807, 2.05) is 19.1 Å². The molecular weight excluding hydrogens is 286 g/mol. The maximum atomic E-state index is 12.3. The van der Waals surface area contributed by atoms with Crippen molar-refractivity contribution >= 4 is 15.7 Å². The number of rotatable bonds is 6. The summed E-state index contributed by atoms with van der Waals surface area (Å²) in [7, 11) is -3.56. The molecule has 0 aliphatic heterocycles. The first kappa shape index (κ1) is 15.5. The Labute approximate surface area is 125 Å². The Morgan fingerprint density at radius 3 is 2.19 bits per heavy atom. The molecular formula is C16H19NO3S. The van der Waals surface area contributed by atoms with Gasteiger partial charge in [-0.2, -0.15) is 0 Å². The summed E-state index contributed by atoms with van der Waals surface area (Å²) in [5.74, 6) is 0. The Morgan fingerprint density at radius 2 is 1.62 bits per heavy atom. The Bertz CT molecular complexity index is 676. The van der Waals surface area contributed by atoms with Crippen molar-refractivity contribution in [3.8, 4) is 0 Å². The average molecular weight is 305 g/mol. The molecule has 0 aliphatic rings. The Balaban J connectivity index is 2.13. The van der Waals surface area contributed by atoms with Gasteiger partial charge in [0, 0.05) is 12.3 Å². The average Bonchev–Trinajstić information content (AvgIpc) is 2.48. The Kier molecular flexibility index (Phi) is 4.98. The van der Waals surface area contributed by atoms with Crippen molar-refractivity contribution in [2.24, 2.45) is 0 Å². The van der Waals surface area contributed by atoms with Crippen LogP contribution in [0.25, 0.3) is 0 Å². The molecule has 2 N–H and O–H groups in total. The molecule has 2 aromatic rings. The lowest BCUT2D eigenvalue weighted by Gasteiger charge is -2.09. The molecule has 2 aromatic carbocycles. The van der Waals surface area contributed by atoms with Crippen molar-refractivity contribution in [1.82, 2.24) is 0 Å². The molecule has 0 aliphatic carbocycles. The second-order valence-corrected chi connectivity index (χ2v) is 6.63. The van der Waals surface area contributed by atoms with Crippen LogP contribution in [0.2, 0.25) is 0 Å². The third-order valence-corrected chi connectivity index (χ3v) is 4.56. The van der Waals surface area contributed by atoms with Gasteiger partial charge in [-0.25, -0.2) is 8.42 Å². The van der Waals surface area contributed by atoms with Gasteiger partial charge in [-0.3, -0.25) is 4.72 Å². The number of hydrogen-bond acceptors (Lipinski definition) is 3. The van der Waals surface area contributed by atoms with E-state index in [0.717, 1.165) is 17.5 Å². The second kappa shape index (κ2) is 6.74. The molecule has 0 heterocycles. The van der Waals surface area contributed by atoms with Crippen molar-refractivity contribution in [3.05, 3.63) is 59.7 Å². The van der Waals surface area contributed by atoms with Gasteiger partial charge in [0.05, 0.1) is 4.90 Å². The first-order valence-corrected chi connectivity index (χ1v) is 8.29. The molecule has 5 heteroatoms. The number of anilines is 1. The van der Waals surface area contributed by atoms with E-state index in [0.29, 0.717) is 12.1 Å². The van der Waals surface area contributed by atoms with Crippen LogP contribution < -0.4 is 4.72 Å². The molecule has 0 amide bonds. The number of hydrogen-bond donors (Lipinski definition) is 2. The largest absolute Gasteiger partial charge is 0.396 e. The number of aryl methyl sites for hydroxylation is 2. The predicted octanol–water partition coefficient (Wildman–Crippen LogP) is 2.72. The summed E-state index contributed by atoms with van der Waals surface area (Å²) < 4.78 is 27.1. The van der Waals surface area contributed by atoms with Crippen LogP contribution in [-0.4, -0.2) is 20.1 Å². The zero-order chi connectivity index (χ0) is 15.3. The SMILES string of the molecule is Cc1ccc(NS(=O)(=O)c2ccc(CCCO)cc2)cc1. The third-order valence-electron chi connectivity index (χ3n) is 3.16. The smallest absolute Gasteiger partial charge is 0.261 e. The second-order valence-electron chi connectivity index (χ2n) is 4.94. The van der Waals surface area contributed by atoms with Gasteiger partial charge in [0.15, 0.2) is 0 Å². The zero-order valence-electron chi connectivity index (χ0n) is 11.9. The standard InChI is InChI=1S/C16H19NO3S/c1-13-4-8-15(9-5-13)17-21(19,20)16-10-6-14(7-11-16)3-2-12-18/h4-11,17-18H,2-3,12H2,1H3. The lowest BCUT2D eigenvalue weighted by molar-refractivity contribution is 0.288. The van der Waals surface area contributed by atoms with Crippen molar-refractivity contribution in [2.45, 2.75) is 24.7 Å². The predicted molar refractivity (Wildman–Crippen MR) is 83.8 cm³/mol. The summed E-state index contributed by atoms with van der Waals surface area (Å²) in [6, 6.07) is 13.9. The van der Waals surface area contributed by atoms with Crippen LogP contribution in [0.5, 0.6) is 0 Å². The first-order valence-electron chi connectivity index (χ1n) is 6.80. The molecule has 0 unspecified atom stereocenters. The van der Waals surface area contributed by atoms with Crippen molar-refractivity contribution < 1.29 is 13.5 Å². The molecule has 0 aromatic heterocycles. The summed E-state index contributed by atoms with van der Waals surface area (Å²) in [6.07, 6.45) is 1.41. The maximum Gasteiger partial charge on any atom is 0.261 e. The molecule has 0 spiro atoms. The Hall–Kier alpha value is -1.85. The van der Waals surface area contributed by atoms with E-state index in [2.05, 4.69) is 4.72 Å². The van der Waals surface area contributed by atoms with E-state index >= 15 is 0 Å². The lowest BCUT2D eigenvalue weighted by Crippen LogP contribution is -2.12. The van der Waals surface area contributed by atoms with Crippen LogP contribution in [0.15, 0.2) is 53.4 Å². The zero-order valence-corrected chi connectivity index (χ0v) is 12.7. The summed E-state index contributed by atoms with van der Waals surface area (Å²) in [5.41, 5.74) is 2.63. The minimum Gasteiger partial charge on any atom is -0.396 e. The Morgan fingerprint density at radius 1 is 1.00 bits per heavy atom. The van der Waals surface area contributed by atoms with Crippen molar-refractivity contribution in [1.29, 1.82) is 0 Å². The van der Waals surface area contributed by atoms with Gasteiger partial charge in [0.25, 0.3) is 10.0 Å². The molecule has 4 nitrogen and oxygen atoms in total. The molecule has 0 radical (unpaired) electrons. The molecule has 21 heavy (non-hydrogen) atoms. The number of nitrogens with one attached hydrogen (secondary N) is 1. The molecule has 0 saturated heterocycles. The lowest BCUT2D eigenvalue weighted by atomic mass is 10.1. The van der Waals surface area contributed by atoms with Crippen molar-refractivity contribution in [3.63, 3.8) is 0 Å². The van der Waals surface area contributed by atoms with Gasteiger partial charge >= 0.3 is 0 Å². The molecule has 0 bridgehead atoms. The minimum absolute atomic E-state index is 0.134. The highest BCUT2D eigenvalue weighted by Gasteiger charge is 2.13. The van der Waals surface area contributed by atoms with Crippen LogP contribution in [0.3, 0.4) is 0 Å². The number of aliphatic hydroxyl groups excluding tert-OH is 1. The monoisotopic (exact) mass is 305 g/mol. The summed E-state index contributed by atoms with van der Waals surface area (Å²) in [6.45, 7) is 2.08. The summed E-state index contributed by atoms with van der Waals surface area (Å²) >= 11 is 0. The van der Waals surface area contributed by atoms with Gasteiger partial charge in [0.2, 0.25) is 0 Å². The maximum absolute atomic E-state index is 12.3. The van der Waals surface area contributed by atoms with Crippen molar-refractivity contribution in [2.75, 3.05) is 11.3 Å². The number of aliphatic hydroxyl groups is 1. The number of sulfonamides is 1. The van der Waals surface area contributed by atoms with Gasteiger partial charge in [-0.05, 0) is 49.6 Å². The summed E-state index contributed by atoms with van der Waals surface area (Å²) in [5, 5.41) is 8.79. The highest BCUT2D eigenvalue weighted by Crippen LogP contribution is 2.17. The van der Waals surface area contributed by atoms with Crippen LogP contribution in [-0.2, 0) is 16.4 Å². The van der Waals surface area contributed by atoms with E-state index in [9.17, 15) is 8.42 Å². The van der Waals surface area contributed by atoms with E-state index in [1.165, 1.54) is 0 Å². The molecule has 112 valence electrons. The molecule has 0 saturated carbocycles. The van der Waals surface area contributed by atoms with Gasteiger partial charge in [0.1, 0.15) is 0 Å². The van der Waals surface area contributed by atoms with E-state index in [1.54, 1.807) is 36.4 Å². The van der Waals surface area contributed by atoms with Crippen LogP contribution in [0.1, 0.15) is 17.5 Å². The van der Waals surface area contributed by atoms with Gasteiger partial charge in [-0.15, -0.1) is 0 Å². The van der Waals surface area contributed by atoms with Crippen LogP contribution in [0.4, 0.5) is 5.69 Å². The topological polar surface area (TPSA) is 66.4 Å². The van der Waals surface area contributed by atoms with Crippen LogP contribution in [0, 0.1) is 6.92 Å². The molecule has 2 rings (SSSR count). The molecule has 0 fully saturated rings. The fraction of sp³-hybridized carbons (Fsp3) is 0.250. The highest BCUT2D eigenvalue weighted by atomic mass is 32.2. The fourth-order valence-corrected chi connectivity index (χ4v) is 3.01. The normalized spacial score (nSPS) is 11.3. The first-order chi connectivity index (χ1) is 10.0. The van der Waals surface area contributed by atoms with E-state index in [-0.39, 0.29) is 11.5 Å². The molecule has 0 atom stereocenters. The van der Waals surface area contributed by atoms with E-state index < -0.39 is 10.0 Å². The minimum atomic E-state index is -3.56. The van der Waals surface area contributed by atoms with E-state index in [4.69, 9.17) is 5.11 Å². The van der Waals surface area contributed by atoms with Gasteiger partial charge in [-0.1, -0.05) is 29.8 Å². The van der Waals surface area contributed by atoms with Crippen LogP contribution >= 0.6 is 0 Å². The highest BCUT2D eigenvalue weighted by molar-refractivity contribution is 7.92. The fourth-order valence-electron chi connectivity index (χ4n) is 1.95. The summed E-state index contributed by atoms with van der Waals surface area (Å²) in [4.78, 5) is 0.232. The third kappa shape index (κ3) is 4.31. The van der Waals surface area contributed by atoms with Gasteiger partial charge < -0.3 is 5.11 Å². The number of benzene rings is 2.